The van der Waals surface area contributed by atoms with Crippen LogP contribution in [-0.2, 0) is 66.1 Å². The van der Waals surface area contributed by atoms with Crippen LogP contribution in [0.15, 0.2) is 18.2 Å². The molecule has 20 heavy (non-hydrogen) atoms. The summed E-state index contributed by atoms with van der Waals surface area (Å²) in [4.78, 5) is 24.0. The van der Waals surface area contributed by atoms with Crippen LogP contribution in [0.2, 0.25) is 0 Å². The summed E-state index contributed by atoms with van der Waals surface area (Å²) in [5.41, 5.74) is 0.698. The minimum absolute atomic E-state index is 0. The fraction of sp³-hybridized carbons (Fsp3) is 0.182. The first kappa shape index (κ1) is 19.6. The predicted octanol–water partition coefficient (Wildman–Crippen LogP) is 1.22. The minimum atomic E-state index is -0.577. The van der Waals surface area contributed by atoms with Crippen LogP contribution in [0.1, 0.15) is 6.42 Å². The Labute approximate surface area is 156 Å². The van der Waals surface area contributed by atoms with Crippen LogP contribution in [0.25, 0.3) is 16.2 Å². The van der Waals surface area contributed by atoms with E-state index in [0.29, 0.717) is 17.9 Å². The van der Waals surface area contributed by atoms with E-state index in [-0.39, 0.29) is 73.6 Å². The maximum atomic E-state index is 11.6. The van der Waals surface area contributed by atoms with Gasteiger partial charge in [0.05, 0.1) is 0 Å². The Hall–Kier alpha value is -0.383. The molecule has 1 aromatic carbocycles. The van der Waals surface area contributed by atoms with E-state index in [9.17, 15) is 9.59 Å². The molecule has 0 bridgehead atoms. The third-order valence-electron chi connectivity index (χ3n) is 2.59. The van der Waals surface area contributed by atoms with Crippen molar-refractivity contribution < 1.29 is 70.9 Å². The normalized spacial score (nSPS) is 13.9. The van der Waals surface area contributed by atoms with Crippen molar-refractivity contribution in [1.82, 2.24) is 10.2 Å². The van der Waals surface area contributed by atoms with Crippen molar-refractivity contribution in [2.45, 2.75) is 6.42 Å². The first-order valence-corrected chi connectivity index (χ1v) is 5.11. The second-order valence-electron chi connectivity index (χ2n) is 3.66. The Bertz CT molecular complexity index is 616. The summed E-state index contributed by atoms with van der Waals surface area (Å²) in [6.07, 6.45) is 0.219. The fourth-order valence-corrected chi connectivity index (χ4v) is 1.77. The molecule has 2 heterocycles. The first-order valence-electron chi connectivity index (χ1n) is 5.11. The molecule has 0 saturated carbocycles. The van der Waals surface area contributed by atoms with Crippen molar-refractivity contribution in [1.29, 1.82) is 0 Å². The quantitative estimate of drug-likeness (QED) is 0.408. The van der Waals surface area contributed by atoms with Gasteiger partial charge in [-0.2, -0.15) is 24.3 Å². The average Bonchev–Trinajstić information content (AvgIpc) is 2.73. The van der Waals surface area contributed by atoms with Gasteiger partial charge < -0.3 is 20.4 Å². The molecule has 1 aromatic heterocycles. The topological polar surface area (TPSA) is 78.5 Å². The zero-order chi connectivity index (χ0) is 11.8. The SMILES string of the molecule is O=C1CCN(c2n[n-]c3cc[c-]cc23)C(=O)[N-]1.[Re].[Re].[Re]. The number of imide groups is 1. The van der Waals surface area contributed by atoms with Gasteiger partial charge in [-0.15, -0.1) is 5.39 Å². The van der Waals surface area contributed by atoms with E-state index in [1.54, 1.807) is 18.2 Å². The maximum absolute atomic E-state index is 11.6. The Balaban J connectivity index is 0.00000120. The van der Waals surface area contributed by atoms with Gasteiger partial charge in [0.2, 0.25) is 0 Å². The largest absolute Gasteiger partial charge is 0.597 e. The van der Waals surface area contributed by atoms with Gasteiger partial charge in [-0.3, -0.25) is 9.59 Å². The molecule has 0 spiro atoms. The fourth-order valence-electron chi connectivity index (χ4n) is 1.77. The van der Waals surface area contributed by atoms with Crippen LogP contribution < -0.4 is 10.00 Å². The zero-order valence-corrected chi connectivity index (χ0v) is 18.0. The molecule has 6 nitrogen and oxygen atoms in total. The van der Waals surface area contributed by atoms with E-state index in [1.165, 1.54) is 4.90 Å². The number of anilines is 1. The molecule has 1 fully saturated rings. The molecular formula is C11H7N4O2Re3-3. The molecule has 1 saturated heterocycles. The summed E-state index contributed by atoms with van der Waals surface area (Å²) in [7, 11) is 0. The summed E-state index contributed by atoms with van der Waals surface area (Å²) in [5, 5.41) is 12.1. The van der Waals surface area contributed by atoms with Crippen molar-refractivity contribution in [2.24, 2.45) is 0 Å². The number of nitrogens with zero attached hydrogens (tertiary/aromatic N) is 4. The Morgan fingerprint density at radius 2 is 2.00 bits per heavy atom. The Kier molecular flexibility index (Phi) is 8.00. The summed E-state index contributed by atoms with van der Waals surface area (Å²) in [6.45, 7) is 0.295. The standard InChI is InChI=1S/C11H8N4O2.3Re/c16-9-5-6-15(11(17)12-9)10-7-3-1-2-4-8(7)13-14-10;;;/h2-4H,5-6H2,(H-,12,13,14,16,17);;;/q-2;;;/p-1. The molecule has 0 aliphatic carbocycles. The number of benzene rings is 1. The van der Waals surface area contributed by atoms with Gasteiger partial charge in [0.1, 0.15) is 5.91 Å². The zero-order valence-electron chi connectivity index (χ0n) is 9.89. The molecule has 107 valence electrons. The molecule has 9 heteroatoms. The molecule has 3 amide bonds. The van der Waals surface area contributed by atoms with Crippen LogP contribution in [0, 0.1) is 6.07 Å². The summed E-state index contributed by atoms with van der Waals surface area (Å²) < 4.78 is 0. The number of hydrogen-bond donors (Lipinski definition) is 0. The van der Waals surface area contributed by atoms with Crippen LogP contribution in [0.3, 0.4) is 0 Å². The van der Waals surface area contributed by atoms with Gasteiger partial charge in [0.25, 0.3) is 0 Å². The molecule has 3 radical (unpaired) electrons. The van der Waals surface area contributed by atoms with E-state index in [4.69, 9.17) is 0 Å². The number of hydrogen-bond acceptors (Lipinski definition) is 3. The number of carbonyl (C=O) groups excluding carboxylic acids is 2. The summed E-state index contributed by atoms with van der Waals surface area (Å²) >= 11 is 0. The molecule has 1 aliphatic heterocycles. The van der Waals surface area contributed by atoms with Crippen LogP contribution in [0.4, 0.5) is 10.6 Å². The first-order chi connectivity index (χ1) is 8.25. The molecule has 0 N–H and O–H groups in total. The van der Waals surface area contributed by atoms with Crippen molar-refractivity contribution in [3.8, 4) is 0 Å². The van der Waals surface area contributed by atoms with Gasteiger partial charge in [0.15, 0.2) is 6.03 Å². The number of fused-ring (bicyclic) bond motifs is 1. The number of aromatic nitrogens is 2. The van der Waals surface area contributed by atoms with Crippen LogP contribution in [0.5, 0.6) is 0 Å². The second kappa shape index (κ2) is 8.16. The van der Waals surface area contributed by atoms with E-state index in [1.807, 2.05) is 0 Å². The van der Waals surface area contributed by atoms with Crippen LogP contribution >= 0.6 is 0 Å². The third kappa shape index (κ3) is 3.63. The van der Waals surface area contributed by atoms with Gasteiger partial charge in [-0.1, -0.05) is 0 Å². The van der Waals surface area contributed by atoms with Crippen molar-refractivity contribution in [3.63, 3.8) is 0 Å². The molecule has 2 aromatic rings. The third-order valence-corrected chi connectivity index (χ3v) is 2.59. The molecule has 3 rings (SSSR count). The number of carbonyl (C=O) groups is 2. The Morgan fingerprint density at radius 3 is 2.70 bits per heavy atom. The van der Waals surface area contributed by atoms with E-state index in [0.717, 1.165) is 5.39 Å². The van der Waals surface area contributed by atoms with Gasteiger partial charge >= 0.3 is 0 Å². The summed E-state index contributed by atoms with van der Waals surface area (Å²) in [5.74, 6) is 0.0553. The monoisotopic (exact) mass is 788 g/mol. The summed E-state index contributed by atoms with van der Waals surface area (Å²) in [6, 6.07) is 7.54. The van der Waals surface area contributed by atoms with Crippen molar-refractivity contribution in [2.75, 3.05) is 11.4 Å². The molecule has 0 unspecified atom stereocenters. The minimum Gasteiger partial charge on any atom is -0.597 e. The molecular weight excluding hydrogens is 779 g/mol. The average molecular weight is 786 g/mol. The molecule has 0 atom stereocenters. The number of amides is 3. The van der Waals surface area contributed by atoms with Crippen molar-refractivity contribution in [3.05, 3.63) is 29.6 Å². The predicted molar refractivity (Wildman–Crippen MR) is 59.6 cm³/mol. The smallest absolute Gasteiger partial charge is 0.165 e. The van der Waals surface area contributed by atoms with E-state index < -0.39 is 6.03 Å². The molecule has 1 aliphatic rings. The number of urea groups is 1. The second-order valence-corrected chi connectivity index (χ2v) is 3.66. The van der Waals surface area contributed by atoms with Crippen molar-refractivity contribution >= 4 is 28.7 Å². The van der Waals surface area contributed by atoms with E-state index in [2.05, 4.69) is 21.6 Å². The van der Waals surface area contributed by atoms with E-state index >= 15 is 0 Å². The number of rotatable bonds is 1. The van der Waals surface area contributed by atoms with Gasteiger partial charge in [0, 0.05) is 67.7 Å². The Morgan fingerprint density at radius 1 is 1.25 bits per heavy atom. The van der Waals surface area contributed by atoms with Gasteiger partial charge in [-0.25, -0.2) is 5.52 Å². The maximum Gasteiger partial charge on any atom is 0.165 e. The van der Waals surface area contributed by atoms with Gasteiger partial charge in [-0.05, 0) is 12.4 Å². The van der Waals surface area contributed by atoms with Crippen LogP contribution in [-0.4, -0.2) is 23.6 Å².